The van der Waals surface area contributed by atoms with E-state index in [1.54, 1.807) is 18.7 Å². The van der Waals surface area contributed by atoms with Crippen molar-refractivity contribution in [3.8, 4) is 0 Å². The van der Waals surface area contributed by atoms with Crippen LogP contribution in [0.3, 0.4) is 0 Å². The highest BCUT2D eigenvalue weighted by molar-refractivity contribution is 6.00. The van der Waals surface area contributed by atoms with E-state index in [2.05, 4.69) is 4.98 Å². The minimum absolute atomic E-state index is 0.0873. The third kappa shape index (κ3) is 2.39. The summed E-state index contributed by atoms with van der Waals surface area (Å²) in [5.74, 6) is -0.504. The molecule has 1 N–H and O–H groups in total. The molecule has 5 nitrogen and oxygen atoms in total. The molecule has 1 aromatic heterocycles. The number of aromatic nitrogens is 1. The average molecular weight is 252 g/mol. The fourth-order valence-corrected chi connectivity index (χ4v) is 2.04. The number of H-pyrrole nitrogens is 1. The fraction of sp³-hybridized carbons (Fsp3) is 0.538. The largest absolute Gasteiger partial charge is 0.465 e. The first kappa shape index (κ1) is 14.3. The molecule has 0 atom stereocenters. The minimum atomic E-state index is -0.417. The van der Waals surface area contributed by atoms with E-state index in [0.29, 0.717) is 35.6 Å². The standard InChI is InChI=1S/C13H20N2O3/c1-6-15(7-2)12(16)11-8(3)10(9(4)14-11)13(17)18-5/h14H,6-7H2,1-5H3. The number of aromatic amines is 1. The molecule has 0 unspecified atom stereocenters. The zero-order chi connectivity index (χ0) is 13.9. The van der Waals surface area contributed by atoms with Crippen molar-refractivity contribution in [2.75, 3.05) is 20.2 Å². The first-order valence-electron chi connectivity index (χ1n) is 6.04. The molecule has 0 aliphatic rings. The van der Waals surface area contributed by atoms with Gasteiger partial charge in [0.2, 0.25) is 0 Å². The molecular weight excluding hydrogens is 232 g/mol. The number of esters is 1. The van der Waals surface area contributed by atoms with Crippen LogP contribution in [0, 0.1) is 13.8 Å². The van der Waals surface area contributed by atoms with E-state index in [4.69, 9.17) is 4.74 Å². The Morgan fingerprint density at radius 3 is 2.22 bits per heavy atom. The van der Waals surface area contributed by atoms with E-state index in [-0.39, 0.29) is 5.91 Å². The SMILES string of the molecule is CCN(CC)C(=O)c1[nH]c(C)c(C(=O)OC)c1C. The molecule has 0 aliphatic carbocycles. The molecule has 1 rings (SSSR count). The van der Waals surface area contributed by atoms with E-state index >= 15 is 0 Å². The molecule has 0 bridgehead atoms. The van der Waals surface area contributed by atoms with Gasteiger partial charge in [-0.15, -0.1) is 0 Å². The molecule has 1 amide bonds. The Labute approximate surface area is 107 Å². The zero-order valence-corrected chi connectivity index (χ0v) is 11.6. The van der Waals surface area contributed by atoms with Crippen LogP contribution in [0.2, 0.25) is 0 Å². The third-order valence-electron chi connectivity index (χ3n) is 3.09. The summed E-state index contributed by atoms with van der Waals surface area (Å²) in [4.78, 5) is 28.6. The van der Waals surface area contributed by atoms with Crippen LogP contribution in [-0.4, -0.2) is 42.0 Å². The molecule has 18 heavy (non-hydrogen) atoms. The zero-order valence-electron chi connectivity index (χ0n) is 11.6. The number of nitrogens with zero attached hydrogens (tertiary/aromatic N) is 1. The Bertz CT molecular complexity index is 459. The van der Waals surface area contributed by atoms with Gasteiger partial charge in [-0.1, -0.05) is 0 Å². The maximum atomic E-state index is 12.2. The van der Waals surface area contributed by atoms with E-state index in [1.807, 2.05) is 13.8 Å². The first-order chi connectivity index (χ1) is 8.47. The Morgan fingerprint density at radius 2 is 1.78 bits per heavy atom. The molecule has 0 fully saturated rings. The highest BCUT2D eigenvalue weighted by atomic mass is 16.5. The number of rotatable bonds is 4. The van der Waals surface area contributed by atoms with Gasteiger partial charge >= 0.3 is 5.97 Å². The number of aryl methyl sites for hydroxylation is 1. The van der Waals surface area contributed by atoms with Gasteiger partial charge in [0.1, 0.15) is 5.69 Å². The number of hydrogen-bond donors (Lipinski definition) is 1. The highest BCUT2D eigenvalue weighted by Crippen LogP contribution is 2.20. The van der Waals surface area contributed by atoms with E-state index in [9.17, 15) is 9.59 Å². The third-order valence-corrected chi connectivity index (χ3v) is 3.09. The van der Waals surface area contributed by atoms with E-state index in [1.165, 1.54) is 7.11 Å². The van der Waals surface area contributed by atoms with E-state index < -0.39 is 5.97 Å². The quantitative estimate of drug-likeness (QED) is 0.832. The second-order valence-corrected chi connectivity index (χ2v) is 4.09. The number of carbonyl (C=O) groups is 2. The molecule has 0 aliphatic heterocycles. The second kappa shape index (κ2) is 5.71. The van der Waals surface area contributed by atoms with Crippen LogP contribution in [0.4, 0.5) is 0 Å². The number of nitrogens with one attached hydrogen (secondary N) is 1. The summed E-state index contributed by atoms with van der Waals surface area (Å²) < 4.78 is 4.72. The number of ether oxygens (including phenoxy) is 1. The van der Waals surface area contributed by atoms with Crippen LogP contribution < -0.4 is 0 Å². The van der Waals surface area contributed by atoms with Crippen LogP contribution in [0.1, 0.15) is 46.0 Å². The van der Waals surface area contributed by atoms with Gasteiger partial charge < -0.3 is 14.6 Å². The lowest BCUT2D eigenvalue weighted by Gasteiger charge is -2.18. The van der Waals surface area contributed by atoms with Gasteiger partial charge in [0.05, 0.1) is 12.7 Å². The predicted molar refractivity (Wildman–Crippen MR) is 68.9 cm³/mol. The average Bonchev–Trinajstić information content (AvgIpc) is 2.65. The smallest absolute Gasteiger partial charge is 0.339 e. The van der Waals surface area contributed by atoms with E-state index in [0.717, 1.165) is 0 Å². The fourth-order valence-electron chi connectivity index (χ4n) is 2.04. The van der Waals surface area contributed by atoms with Crippen molar-refractivity contribution in [3.05, 3.63) is 22.5 Å². The van der Waals surface area contributed by atoms with Crippen LogP contribution >= 0.6 is 0 Å². The maximum Gasteiger partial charge on any atom is 0.339 e. The summed E-state index contributed by atoms with van der Waals surface area (Å²) in [5, 5.41) is 0. The Morgan fingerprint density at radius 1 is 1.22 bits per heavy atom. The summed E-state index contributed by atoms with van der Waals surface area (Å²) >= 11 is 0. The van der Waals surface area contributed by atoms with Crippen LogP contribution in [0.15, 0.2) is 0 Å². The first-order valence-corrected chi connectivity index (χ1v) is 6.04. The van der Waals surface area contributed by atoms with Crippen molar-refractivity contribution in [2.45, 2.75) is 27.7 Å². The molecule has 0 aromatic carbocycles. The molecule has 0 radical (unpaired) electrons. The summed E-state index contributed by atoms with van der Waals surface area (Å²) in [5.41, 5.74) is 2.23. The van der Waals surface area contributed by atoms with Crippen molar-refractivity contribution in [1.82, 2.24) is 9.88 Å². The summed E-state index contributed by atoms with van der Waals surface area (Å²) in [6.45, 7) is 8.65. The molecule has 0 saturated carbocycles. The van der Waals surface area contributed by atoms with Crippen molar-refractivity contribution in [3.63, 3.8) is 0 Å². The van der Waals surface area contributed by atoms with Crippen LogP contribution in [-0.2, 0) is 4.74 Å². The Balaban J connectivity index is 3.20. The van der Waals surface area contributed by atoms with Crippen LogP contribution in [0.25, 0.3) is 0 Å². The monoisotopic (exact) mass is 252 g/mol. The molecule has 0 spiro atoms. The molecule has 1 heterocycles. The predicted octanol–water partition coefficient (Wildman–Crippen LogP) is 1.90. The lowest BCUT2D eigenvalue weighted by atomic mass is 10.1. The van der Waals surface area contributed by atoms with Gasteiger partial charge in [-0.25, -0.2) is 4.79 Å². The van der Waals surface area contributed by atoms with Gasteiger partial charge in [0.15, 0.2) is 0 Å². The molecule has 5 heteroatoms. The number of carbonyl (C=O) groups excluding carboxylic acids is 2. The number of hydrogen-bond acceptors (Lipinski definition) is 3. The van der Waals surface area contributed by atoms with Gasteiger partial charge in [-0.05, 0) is 33.3 Å². The van der Waals surface area contributed by atoms with Gasteiger partial charge in [0.25, 0.3) is 5.91 Å². The summed E-state index contributed by atoms with van der Waals surface area (Å²) in [7, 11) is 1.33. The lowest BCUT2D eigenvalue weighted by molar-refractivity contribution is 0.0599. The van der Waals surface area contributed by atoms with Crippen LogP contribution in [0.5, 0.6) is 0 Å². The Hall–Kier alpha value is -1.78. The lowest BCUT2D eigenvalue weighted by Crippen LogP contribution is -2.31. The molecule has 100 valence electrons. The normalized spacial score (nSPS) is 10.3. The van der Waals surface area contributed by atoms with Crippen molar-refractivity contribution >= 4 is 11.9 Å². The topological polar surface area (TPSA) is 62.4 Å². The van der Waals surface area contributed by atoms with Gasteiger partial charge in [-0.3, -0.25) is 4.79 Å². The van der Waals surface area contributed by atoms with Gasteiger partial charge in [-0.2, -0.15) is 0 Å². The molecule has 0 saturated heterocycles. The number of amides is 1. The van der Waals surface area contributed by atoms with Crippen molar-refractivity contribution in [1.29, 1.82) is 0 Å². The van der Waals surface area contributed by atoms with Gasteiger partial charge in [0, 0.05) is 18.8 Å². The van der Waals surface area contributed by atoms with Crippen molar-refractivity contribution in [2.24, 2.45) is 0 Å². The number of methoxy groups -OCH3 is 1. The maximum absolute atomic E-state index is 12.2. The van der Waals surface area contributed by atoms with Crippen molar-refractivity contribution < 1.29 is 14.3 Å². The molecular formula is C13H20N2O3. The summed E-state index contributed by atoms with van der Waals surface area (Å²) in [6.07, 6.45) is 0. The highest BCUT2D eigenvalue weighted by Gasteiger charge is 2.24. The molecule has 1 aromatic rings. The minimum Gasteiger partial charge on any atom is -0.465 e. The summed E-state index contributed by atoms with van der Waals surface area (Å²) in [6, 6.07) is 0. The Kier molecular flexibility index (Phi) is 4.53. The second-order valence-electron chi connectivity index (χ2n) is 4.09.